The molecule has 1 amide bonds. The number of rotatable bonds is 5. The summed E-state index contributed by atoms with van der Waals surface area (Å²) in [6.45, 7) is 2.80. The van der Waals surface area contributed by atoms with Crippen molar-refractivity contribution in [2.24, 2.45) is 5.92 Å². The van der Waals surface area contributed by atoms with E-state index in [2.05, 4.69) is 11.4 Å². The number of thiophene rings is 1. The number of amides is 1. The molecule has 1 aromatic heterocycles. The first-order chi connectivity index (χ1) is 9.65. The highest BCUT2D eigenvalue weighted by Gasteiger charge is 2.20. The highest BCUT2D eigenvalue weighted by atomic mass is 32.1. The fourth-order valence-corrected chi connectivity index (χ4v) is 3.61. The SMILES string of the molecule is Cc1ccc2c(N)c(C(=O)NCCCC3CC3)sc2c1. The standard InChI is InChI=1S/C16H20N2OS/c1-10-4-7-12-13(9-10)20-15(14(12)17)16(19)18-8-2-3-11-5-6-11/h4,7,9,11H,2-3,5-6,8,17H2,1H3,(H,18,19). The van der Waals surface area contributed by atoms with Gasteiger partial charge in [-0.1, -0.05) is 25.0 Å². The average Bonchev–Trinajstić information content (AvgIpc) is 3.19. The minimum absolute atomic E-state index is 0.0304. The van der Waals surface area contributed by atoms with E-state index in [1.54, 1.807) is 0 Å². The number of fused-ring (bicyclic) bond motifs is 1. The molecule has 0 unspecified atom stereocenters. The Bertz CT molecular complexity index is 643. The second kappa shape index (κ2) is 5.44. The molecule has 2 aromatic rings. The van der Waals surface area contributed by atoms with Gasteiger partial charge >= 0.3 is 0 Å². The molecule has 1 aromatic carbocycles. The molecule has 1 aliphatic rings. The molecule has 4 heteroatoms. The smallest absolute Gasteiger partial charge is 0.263 e. The fraction of sp³-hybridized carbons (Fsp3) is 0.438. The summed E-state index contributed by atoms with van der Waals surface area (Å²) in [6.07, 6.45) is 5.05. The minimum Gasteiger partial charge on any atom is -0.397 e. The van der Waals surface area contributed by atoms with Crippen molar-refractivity contribution in [3.05, 3.63) is 28.6 Å². The lowest BCUT2D eigenvalue weighted by molar-refractivity contribution is 0.0957. The molecule has 1 saturated carbocycles. The summed E-state index contributed by atoms with van der Waals surface area (Å²) in [5.74, 6) is 0.890. The zero-order valence-electron chi connectivity index (χ0n) is 11.7. The highest BCUT2D eigenvalue weighted by molar-refractivity contribution is 7.21. The van der Waals surface area contributed by atoms with Gasteiger partial charge in [-0.15, -0.1) is 11.3 Å². The van der Waals surface area contributed by atoms with Crippen LogP contribution in [0, 0.1) is 12.8 Å². The molecule has 0 radical (unpaired) electrons. The van der Waals surface area contributed by atoms with Gasteiger partial charge in [0.1, 0.15) is 4.88 Å². The Morgan fingerprint density at radius 2 is 2.25 bits per heavy atom. The Hall–Kier alpha value is -1.55. The van der Waals surface area contributed by atoms with Crippen molar-refractivity contribution in [1.82, 2.24) is 5.32 Å². The van der Waals surface area contributed by atoms with E-state index in [-0.39, 0.29) is 5.91 Å². The molecule has 3 nitrogen and oxygen atoms in total. The molecule has 0 aliphatic heterocycles. The lowest BCUT2D eigenvalue weighted by atomic mass is 10.1. The number of nitrogen functional groups attached to an aromatic ring is 1. The Labute approximate surface area is 123 Å². The monoisotopic (exact) mass is 288 g/mol. The number of hydrogen-bond donors (Lipinski definition) is 2. The molecule has 1 aliphatic carbocycles. The number of benzene rings is 1. The van der Waals surface area contributed by atoms with Crippen LogP contribution in [0.2, 0.25) is 0 Å². The van der Waals surface area contributed by atoms with E-state index >= 15 is 0 Å². The van der Waals surface area contributed by atoms with Crippen LogP contribution in [0.5, 0.6) is 0 Å². The number of hydrogen-bond acceptors (Lipinski definition) is 3. The van der Waals surface area contributed by atoms with Crippen molar-refractivity contribution in [2.45, 2.75) is 32.6 Å². The van der Waals surface area contributed by atoms with Crippen LogP contribution in [0.25, 0.3) is 10.1 Å². The summed E-state index contributed by atoms with van der Waals surface area (Å²) < 4.78 is 1.09. The third-order valence-corrected chi connectivity index (χ3v) is 5.03. The van der Waals surface area contributed by atoms with E-state index in [4.69, 9.17) is 5.73 Å². The second-order valence-corrected chi connectivity index (χ2v) is 6.74. The summed E-state index contributed by atoms with van der Waals surface area (Å²) in [5.41, 5.74) is 7.91. The van der Waals surface area contributed by atoms with E-state index in [1.807, 2.05) is 19.1 Å². The summed E-state index contributed by atoms with van der Waals surface area (Å²) in [6, 6.07) is 6.11. The van der Waals surface area contributed by atoms with Gasteiger partial charge in [-0.25, -0.2) is 0 Å². The molecule has 0 spiro atoms. The largest absolute Gasteiger partial charge is 0.397 e. The third kappa shape index (κ3) is 2.80. The van der Waals surface area contributed by atoms with E-state index in [0.717, 1.165) is 29.0 Å². The van der Waals surface area contributed by atoms with Crippen molar-refractivity contribution in [3.8, 4) is 0 Å². The number of nitrogens with one attached hydrogen (secondary N) is 1. The molecule has 3 N–H and O–H groups in total. The Kier molecular flexibility index (Phi) is 3.66. The van der Waals surface area contributed by atoms with E-state index in [0.29, 0.717) is 10.6 Å². The van der Waals surface area contributed by atoms with Gasteiger partial charge in [-0.2, -0.15) is 0 Å². The second-order valence-electron chi connectivity index (χ2n) is 5.69. The summed E-state index contributed by atoms with van der Waals surface area (Å²) in [4.78, 5) is 12.8. The van der Waals surface area contributed by atoms with Gasteiger partial charge in [0.05, 0.1) is 5.69 Å². The van der Waals surface area contributed by atoms with Crippen LogP contribution in [-0.4, -0.2) is 12.5 Å². The molecule has 106 valence electrons. The molecule has 20 heavy (non-hydrogen) atoms. The minimum atomic E-state index is -0.0304. The van der Waals surface area contributed by atoms with Crippen LogP contribution >= 0.6 is 11.3 Å². The molecule has 0 saturated heterocycles. The maximum atomic E-state index is 12.2. The number of anilines is 1. The van der Waals surface area contributed by atoms with E-state index in [1.165, 1.54) is 36.2 Å². The van der Waals surface area contributed by atoms with Crippen molar-refractivity contribution in [1.29, 1.82) is 0 Å². The predicted octanol–water partition coefficient (Wildman–Crippen LogP) is 3.71. The van der Waals surface area contributed by atoms with Crippen molar-refractivity contribution in [2.75, 3.05) is 12.3 Å². The maximum absolute atomic E-state index is 12.2. The van der Waals surface area contributed by atoms with Crippen molar-refractivity contribution < 1.29 is 4.79 Å². The number of nitrogens with two attached hydrogens (primary N) is 1. The van der Waals surface area contributed by atoms with E-state index in [9.17, 15) is 4.79 Å². The van der Waals surface area contributed by atoms with Gasteiger partial charge in [0.15, 0.2) is 0 Å². The average molecular weight is 288 g/mol. The third-order valence-electron chi connectivity index (χ3n) is 3.86. The van der Waals surface area contributed by atoms with Crippen LogP contribution in [0.4, 0.5) is 5.69 Å². The van der Waals surface area contributed by atoms with Gasteiger partial charge in [-0.05, 0) is 37.3 Å². The lowest BCUT2D eigenvalue weighted by Gasteiger charge is -2.03. The van der Waals surface area contributed by atoms with Crippen LogP contribution in [-0.2, 0) is 0 Å². The van der Waals surface area contributed by atoms with Gasteiger partial charge < -0.3 is 11.1 Å². The summed E-state index contributed by atoms with van der Waals surface area (Å²) in [5, 5.41) is 3.98. The molecule has 3 rings (SSSR count). The predicted molar refractivity (Wildman–Crippen MR) is 85.3 cm³/mol. The Morgan fingerprint density at radius 3 is 3.00 bits per heavy atom. The topological polar surface area (TPSA) is 55.1 Å². The molecule has 1 heterocycles. The van der Waals surface area contributed by atoms with Crippen LogP contribution < -0.4 is 11.1 Å². The first kappa shape index (κ1) is 13.4. The molecule has 0 bridgehead atoms. The number of aryl methyl sites for hydroxylation is 1. The number of carbonyl (C=O) groups is 1. The lowest BCUT2D eigenvalue weighted by Crippen LogP contribution is -2.24. The van der Waals surface area contributed by atoms with Crippen molar-refractivity contribution in [3.63, 3.8) is 0 Å². The van der Waals surface area contributed by atoms with Gasteiger partial charge in [0.2, 0.25) is 0 Å². The maximum Gasteiger partial charge on any atom is 0.263 e. The van der Waals surface area contributed by atoms with Gasteiger partial charge in [0, 0.05) is 16.6 Å². The van der Waals surface area contributed by atoms with Crippen LogP contribution in [0.1, 0.15) is 40.9 Å². The molecular weight excluding hydrogens is 268 g/mol. The van der Waals surface area contributed by atoms with Crippen molar-refractivity contribution >= 4 is 33.0 Å². The van der Waals surface area contributed by atoms with E-state index < -0.39 is 0 Å². The molecule has 0 atom stereocenters. The Morgan fingerprint density at radius 1 is 1.45 bits per heavy atom. The molecule has 1 fully saturated rings. The highest BCUT2D eigenvalue weighted by Crippen LogP contribution is 2.34. The first-order valence-corrected chi connectivity index (χ1v) is 8.03. The van der Waals surface area contributed by atoms with Crippen LogP contribution in [0.15, 0.2) is 18.2 Å². The van der Waals surface area contributed by atoms with Gasteiger partial charge in [-0.3, -0.25) is 4.79 Å². The zero-order chi connectivity index (χ0) is 14.1. The quantitative estimate of drug-likeness (QED) is 0.824. The first-order valence-electron chi connectivity index (χ1n) is 7.22. The summed E-state index contributed by atoms with van der Waals surface area (Å²) in [7, 11) is 0. The fourth-order valence-electron chi connectivity index (χ4n) is 2.47. The number of carbonyl (C=O) groups excluding carboxylic acids is 1. The van der Waals surface area contributed by atoms with Crippen LogP contribution in [0.3, 0.4) is 0 Å². The van der Waals surface area contributed by atoms with Gasteiger partial charge in [0.25, 0.3) is 5.91 Å². The Balaban J connectivity index is 1.68. The zero-order valence-corrected chi connectivity index (χ0v) is 12.6. The summed E-state index contributed by atoms with van der Waals surface area (Å²) >= 11 is 1.49. The normalized spacial score (nSPS) is 14.7. The molecular formula is C16H20N2OS.